The van der Waals surface area contributed by atoms with Crippen LogP contribution in [-0.4, -0.2) is 42.2 Å². The van der Waals surface area contributed by atoms with Gasteiger partial charge in [-0.05, 0) is 74.9 Å². The summed E-state index contributed by atoms with van der Waals surface area (Å²) in [6.07, 6.45) is 5.99. The third-order valence-corrected chi connectivity index (χ3v) is 7.32. The van der Waals surface area contributed by atoms with E-state index < -0.39 is 0 Å². The molecule has 1 aliphatic carbocycles. The molecule has 0 radical (unpaired) electrons. The highest BCUT2D eigenvalue weighted by Gasteiger charge is 2.50. The topological polar surface area (TPSA) is 35.5 Å². The van der Waals surface area contributed by atoms with E-state index in [1.165, 1.54) is 43.4 Å². The minimum atomic E-state index is 0. The molecule has 30 heavy (non-hydrogen) atoms. The first-order valence-corrected chi connectivity index (χ1v) is 10.9. The molecule has 2 N–H and O–H groups in total. The SMILES string of the molecule is CN[C@H]1C[C@H]2C[C@@](c3cccc(O)c3)(C1)[C@H](C)CN2CCCc1ccccc1.Cl.Cl. The number of nitrogens with one attached hydrogen (secondary N) is 1. The molecule has 2 fully saturated rings. The van der Waals surface area contributed by atoms with Gasteiger partial charge in [0, 0.05) is 24.0 Å². The monoisotopic (exact) mass is 450 g/mol. The van der Waals surface area contributed by atoms with E-state index >= 15 is 0 Å². The second kappa shape index (κ2) is 10.9. The van der Waals surface area contributed by atoms with E-state index in [1.54, 1.807) is 6.07 Å². The summed E-state index contributed by atoms with van der Waals surface area (Å²) < 4.78 is 0. The largest absolute Gasteiger partial charge is 0.508 e. The van der Waals surface area contributed by atoms with Gasteiger partial charge in [0.2, 0.25) is 0 Å². The molecule has 1 saturated carbocycles. The first-order chi connectivity index (χ1) is 13.6. The number of benzene rings is 2. The number of halogens is 2. The molecule has 4 atom stereocenters. The van der Waals surface area contributed by atoms with Crippen molar-refractivity contribution in [2.24, 2.45) is 5.92 Å². The van der Waals surface area contributed by atoms with Crippen LogP contribution in [0.15, 0.2) is 54.6 Å². The van der Waals surface area contributed by atoms with E-state index in [1.807, 2.05) is 12.1 Å². The number of likely N-dealkylation sites (tertiary alicyclic amines) is 1. The Morgan fingerprint density at radius 1 is 1.07 bits per heavy atom. The highest BCUT2D eigenvalue weighted by atomic mass is 35.5. The second-order valence-electron chi connectivity index (χ2n) is 8.97. The van der Waals surface area contributed by atoms with Gasteiger partial charge in [-0.1, -0.05) is 49.4 Å². The van der Waals surface area contributed by atoms with Crippen molar-refractivity contribution in [2.75, 3.05) is 20.1 Å². The quantitative estimate of drug-likeness (QED) is 0.634. The smallest absolute Gasteiger partial charge is 0.115 e. The summed E-state index contributed by atoms with van der Waals surface area (Å²) in [6.45, 7) is 4.75. The summed E-state index contributed by atoms with van der Waals surface area (Å²) in [5.41, 5.74) is 2.94. The van der Waals surface area contributed by atoms with Crippen molar-refractivity contribution in [3.63, 3.8) is 0 Å². The highest BCUT2D eigenvalue weighted by molar-refractivity contribution is 5.85. The average Bonchev–Trinajstić information content (AvgIpc) is 2.72. The highest BCUT2D eigenvalue weighted by Crippen LogP contribution is 2.50. The van der Waals surface area contributed by atoms with Crippen molar-refractivity contribution in [3.05, 3.63) is 65.7 Å². The Bertz CT molecular complexity index is 788. The maximum atomic E-state index is 10.1. The summed E-state index contributed by atoms with van der Waals surface area (Å²) in [5.74, 6) is 0.978. The predicted molar refractivity (Wildman–Crippen MR) is 130 cm³/mol. The van der Waals surface area contributed by atoms with Crippen LogP contribution in [0.3, 0.4) is 0 Å². The number of piperidine rings is 1. The van der Waals surface area contributed by atoms with Crippen molar-refractivity contribution in [3.8, 4) is 5.75 Å². The average molecular weight is 451 g/mol. The van der Waals surface area contributed by atoms with Crippen LogP contribution < -0.4 is 5.32 Å². The molecule has 5 heteroatoms. The zero-order valence-electron chi connectivity index (χ0n) is 18.1. The molecule has 2 aromatic rings. The van der Waals surface area contributed by atoms with Crippen molar-refractivity contribution < 1.29 is 5.11 Å². The van der Waals surface area contributed by atoms with Crippen molar-refractivity contribution in [1.29, 1.82) is 0 Å². The molecule has 0 aromatic heterocycles. The number of phenolic OH excluding ortho intramolecular Hbond substituents is 1. The molecule has 0 spiro atoms. The Balaban J connectivity index is 0.00000160. The Morgan fingerprint density at radius 2 is 1.83 bits per heavy atom. The molecule has 2 bridgehead atoms. The molecular formula is C25H36Cl2N2O. The van der Waals surface area contributed by atoms with Gasteiger partial charge in [0.05, 0.1) is 0 Å². The van der Waals surface area contributed by atoms with Gasteiger partial charge >= 0.3 is 0 Å². The van der Waals surface area contributed by atoms with E-state index in [2.05, 4.69) is 60.6 Å². The maximum absolute atomic E-state index is 10.1. The summed E-state index contributed by atoms with van der Waals surface area (Å²) >= 11 is 0. The summed E-state index contributed by atoms with van der Waals surface area (Å²) in [4.78, 5) is 2.75. The number of aryl methyl sites for hydroxylation is 1. The number of nitrogens with zero attached hydrogens (tertiary/aromatic N) is 1. The van der Waals surface area contributed by atoms with Crippen LogP contribution in [0, 0.1) is 5.92 Å². The molecule has 166 valence electrons. The number of hydrogen-bond acceptors (Lipinski definition) is 3. The predicted octanol–water partition coefficient (Wildman–Crippen LogP) is 5.20. The third-order valence-electron chi connectivity index (χ3n) is 7.32. The molecule has 1 aliphatic heterocycles. The van der Waals surface area contributed by atoms with Crippen molar-refractivity contribution >= 4 is 24.8 Å². The van der Waals surface area contributed by atoms with Crippen LogP contribution in [0.25, 0.3) is 0 Å². The lowest BCUT2D eigenvalue weighted by Crippen LogP contribution is -2.60. The standard InChI is InChI=1S/C25H34N2O.2ClH/c1-19-18-27(13-7-10-20-8-4-3-5-9-20)23-15-22(26-2)16-25(19,17-23)21-11-6-12-24(28)14-21;;/h3-6,8-9,11-12,14,19,22-23,26,28H,7,10,13,15-18H2,1-2H3;2*1H/t19-,22+,23+,25+;;/m1../s1. The van der Waals surface area contributed by atoms with Crippen LogP contribution in [0.5, 0.6) is 5.75 Å². The molecule has 1 heterocycles. The summed E-state index contributed by atoms with van der Waals surface area (Å²) in [6, 6.07) is 20.1. The zero-order valence-corrected chi connectivity index (χ0v) is 19.7. The van der Waals surface area contributed by atoms with Crippen molar-refractivity contribution in [2.45, 2.75) is 56.5 Å². The van der Waals surface area contributed by atoms with E-state index in [0.29, 0.717) is 23.8 Å². The molecule has 4 rings (SSSR count). The van der Waals surface area contributed by atoms with E-state index in [0.717, 1.165) is 13.0 Å². The minimum absolute atomic E-state index is 0. The van der Waals surface area contributed by atoms with Gasteiger partial charge in [-0.2, -0.15) is 0 Å². The van der Waals surface area contributed by atoms with E-state index in [9.17, 15) is 5.11 Å². The van der Waals surface area contributed by atoms with Crippen LogP contribution in [0.1, 0.15) is 43.7 Å². The van der Waals surface area contributed by atoms with Gasteiger partial charge in [0.15, 0.2) is 0 Å². The molecule has 2 aliphatic rings. The van der Waals surface area contributed by atoms with Crippen LogP contribution in [0.2, 0.25) is 0 Å². The minimum Gasteiger partial charge on any atom is -0.508 e. The normalized spacial score (nSPS) is 28.3. The fraction of sp³-hybridized carbons (Fsp3) is 0.520. The molecule has 0 amide bonds. The summed E-state index contributed by atoms with van der Waals surface area (Å²) in [5, 5.41) is 13.7. The van der Waals surface area contributed by atoms with Crippen molar-refractivity contribution in [1.82, 2.24) is 10.2 Å². The zero-order chi connectivity index (χ0) is 19.6. The second-order valence-corrected chi connectivity index (χ2v) is 8.97. The van der Waals surface area contributed by atoms with Gasteiger partial charge in [-0.25, -0.2) is 0 Å². The van der Waals surface area contributed by atoms with E-state index in [4.69, 9.17) is 0 Å². The molecule has 0 unspecified atom stereocenters. The van der Waals surface area contributed by atoms with Gasteiger partial charge in [0.25, 0.3) is 0 Å². The Morgan fingerprint density at radius 3 is 2.53 bits per heavy atom. The first-order valence-electron chi connectivity index (χ1n) is 10.9. The van der Waals surface area contributed by atoms with Gasteiger partial charge < -0.3 is 10.4 Å². The fourth-order valence-corrected chi connectivity index (χ4v) is 5.76. The van der Waals surface area contributed by atoms with Crippen LogP contribution in [0.4, 0.5) is 0 Å². The number of phenols is 1. The van der Waals surface area contributed by atoms with Crippen LogP contribution >= 0.6 is 24.8 Å². The van der Waals surface area contributed by atoms with Gasteiger partial charge in [-0.15, -0.1) is 24.8 Å². The lowest BCUT2D eigenvalue weighted by molar-refractivity contribution is -0.00269. The molecule has 1 saturated heterocycles. The number of hydrogen-bond donors (Lipinski definition) is 2. The van der Waals surface area contributed by atoms with Gasteiger partial charge in [-0.3, -0.25) is 4.90 Å². The summed E-state index contributed by atoms with van der Waals surface area (Å²) in [7, 11) is 2.10. The lowest BCUT2D eigenvalue weighted by Gasteiger charge is -2.56. The Labute approximate surface area is 194 Å². The number of rotatable bonds is 6. The molecular weight excluding hydrogens is 415 g/mol. The fourth-order valence-electron chi connectivity index (χ4n) is 5.76. The Hall–Kier alpha value is -1.26. The molecule has 2 aromatic carbocycles. The van der Waals surface area contributed by atoms with Gasteiger partial charge in [0.1, 0.15) is 5.75 Å². The third kappa shape index (κ3) is 5.13. The van der Waals surface area contributed by atoms with E-state index in [-0.39, 0.29) is 30.2 Å². The number of aromatic hydroxyl groups is 1. The lowest BCUT2D eigenvalue weighted by atomic mass is 9.57. The number of fused-ring (bicyclic) bond motifs is 2. The molecule has 3 nitrogen and oxygen atoms in total. The Kier molecular flexibility index (Phi) is 9.05. The van der Waals surface area contributed by atoms with Crippen LogP contribution in [-0.2, 0) is 11.8 Å². The maximum Gasteiger partial charge on any atom is 0.115 e. The first kappa shape index (κ1) is 25.0.